The van der Waals surface area contributed by atoms with Crippen molar-refractivity contribution >= 4 is 27.5 Å². The van der Waals surface area contributed by atoms with Gasteiger partial charge in [-0.15, -0.1) is 0 Å². The van der Waals surface area contributed by atoms with Gasteiger partial charge in [0.25, 0.3) is 0 Å². The Hall–Kier alpha value is -0.870. The summed E-state index contributed by atoms with van der Waals surface area (Å²) in [6, 6.07) is 5.67. The first kappa shape index (κ1) is 15.2. The van der Waals surface area contributed by atoms with E-state index in [1.807, 2.05) is 45.9 Å². The minimum atomic E-state index is -0.151. The average molecular weight is 313 g/mol. The fraction of sp³-hybridized carbons (Fsp3) is 0.500. The molecule has 0 heterocycles. The second-order valence-electron chi connectivity index (χ2n) is 5.71. The van der Waals surface area contributed by atoms with Gasteiger partial charge in [0.1, 0.15) is 0 Å². The van der Waals surface area contributed by atoms with E-state index in [0.717, 1.165) is 15.7 Å². The van der Waals surface area contributed by atoms with Crippen LogP contribution >= 0.6 is 15.9 Å². The van der Waals surface area contributed by atoms with E-state index in [1.54, 1.807) is 0 Å². The molecule has 0 aliphatic carbocycles. The van der Waals surface area contributed by atoms with E-state index in [9.17, 15) is 4.79 Å². The van der Waals surface area contributed by atoms with Crippen LogP contribution < -0.4 is 11.1 Å². The molecule has 0 spiro atoms. The van der Waals surface area contributed by atoms with Gasteiger partial charge < -0.3 is 11.1 Å². The molecule has 0 saturated carbocycles. The Balaban J connectivity index is 2.65. The van der Waals surface area contributed by atoms with Crippen molar-refractivity contribution in [2.45, 2.75) is 40.2 Å². The van der Waals surface area contributed by atoms with E-state index in [0.29, 0.717) is 6.42 Å². The molecule has 1 aromatic rings. The summed E-state index contributed by atoms with van der Waals surface area (Å²) in [5, 5.41) is 2.87. The number of nitrogens with two attached hydrogens (primary N) is 1. The largest absolute Gasteiger partial charge is 0.327 e. The smallest absolute Gasteiger partial charge is 0.225 e. The van der Waals surface area contributed by atoms with Crippen LogP contribution in [0.15, 0.2) is 22.7 Å². The van der Waals surface area contributed by atoms with Gasteiger partial charge in [0.15, 0.2) is 0 Å². The van der Waals surface area contributed by atoms with Gasteiger partial charge in [0.2, 0.25) is 5.91 Å². The number of carbonyl (C=O) groups is 1. The van der Waals surface area contributed by atoms with Gasteiger partial charge in [-0.3, -0.25) is 4.79 Å². The van der Waals surface area contributed by atoms with E-state index in [4.69, 9.17) is 5.73 Å². The molecule has 1 unspecified atom stereocenters. The van der Waals surface area contributed by atoms with Crippen molar-refractivity contribution in [2.24, 2.45) is 11.1 Å². The van der Waals surface area contributed by atoms with E-state index < -0.39 is 0 Å². The van der Waals surface area contributed by atoms with Crippen LogP contribution in [0.5, 0.6) is 0 Å². The Morgan fingerprint density at radius 1 is 1.44 bits per heavy atom. The maximum absolute atomic E-state index is 11.9. The number of benzene rings is 1. The quantitative estimate of drug-likeness (QED) is 0.898. The minimum absolute atomic E-state index is 0.0537. The predicted octanol–water partition coefficient (Wildman–Crippen LogP) is 3.46. The van der Waals surface area contributed by atoms with Crippen molar-refractivity contribution in [3.63, 3.8) is 0 Å². The van der Waals surface area contributed by atoms with Crippen LogP contribution in [0.1, 0.15) is 32.8 Å². The van der Waals surface area contributed by atoms with Gasteiger partial charge in [-0.05, 0) is 46.0 Å². The molecular formula is C14H21BrN2O. The lowest BCUT2D eigenvalue weighted by Gasteiger charge is -2.26. The molecule has 0 aromatic heterocycles. The standard InChI is InChI=1S/C14H21BrN2O/c1-9-5-6-11(10(15)7-9)17-13(18)8-12(16)14(2,3)4/h5-7,12H,8,16H2,1-4H3,(H,17,18). The molecule has 1 atom stereocenters. The van der Waals surface area contributed by atoms with Crippen molar-refractivity contribution in [3.05, 3.63) is 28.2 Å². The molecule has 0 saturated heterocycles. The molecule has 0 aliphatic heterocycles. The van der Waals surface area contributed by atoms with Crippen LogP contribution in [0.3, 0.4) is 0 Å². The van der Waals surface area contributed by atoms with E-state index in [2.05, 4.69) is 21.2 Å². The first-order valence-electron chi connectivity index (χ1n) is 6.01. The lowest BCUT2D eigenvalue weighted by molar-refractivity contribution is -0.117. The Kier molecular flexibility index (Phi) is 4.93. The molecule has 0 fully saturated rings. The van der Waals surface area contributed by atoms with Crippen molar-refractivity contribution in [2.75, 3.05) is 5.32 Å². The number of hydrogen-bond acceptors (Lipinski definition) is 2. The number of rotatable bonds is 3. The summed E-state index contributed by atoms with van der Waals surface area (Å²) in [7, 11) is 0. The highest BCUT2D eigenvalue weighted by Crippen LogP contribution is 2.24. The first-order valence-corrected chi connectivity index (χ1v) is 6.81. The topological polar surface area (TPSA) is 55.1 Å². The second-order valence-corrected chi connectivity index (χ2v) is 6.56. The molecule has 1 amide bonds. The third-order valence-corrected chi connectivity index (χ3v) is 3.57. The van der Waals surface area contributed by atoms with E-state index >= 15 is 0 Å². The zero-order valence-electron chi connectivity index (χ0n) is 11.4. The first-order chi connectivity index (χ1) is 8.20. The van der Waals surface area contributed by atoms with Crippen LogP contribution in [-0.4, -0.2) is 11.9 Å². The number of aryl methyl sites for hydroxylation is 1. The van der Waals surface area contributed by atoms with Crippen molar-refractivity contribution in [3.8, 4) is 0 Å². The monoisotopic (exact) mass is 312 g/mol. The summed E-state index contributed by atoms with van der Waals surface area (Å²) < 4.78 is 0.889. The second kappa shape index (κ2) is 5.85. The van der Waals surface area contributed by atoms with Crippen LogP contribution in [0.25, 0.3) is 0 Å². The Morgan fingerprint density at radius 2 is 2.06 bits per heavy atom. The summed E-state index contributed by atoms with van der Waals surface area (Å²) in [4.78, 5) is 11.9. The molecular weight excluding hydrogens is 292 g/mol. The minimum Gasteiger partial charge on any atom is -0.327 e. The van der Waals surface area contributed by atoms with Gasteiger partial charge in [0.05, 0.1) is 5.69 Å². The molecule has 1 rings (SSSR count). The number of carbonyl (C=O) groups excluding carboxylic acids is 1. The van der Waals surface area contributed by atoms with E-state index in [1.165, 1.54) is 0 Å². The van der Waals surface area contributed by atoms with Crippen LogP contribution in [-0.2, 0) is 4.79 Å². The molecule has 0 radical (unpaired) electrons. The Morgan fingerprint density at radius 3 is 2.56 bits per heavy atom. The number of amides is 1. The maximum Gasteiger partial charge on any atom is 0.225 e. The summed E-state index contributed by atoms with van der Waals surface area (Å²) in [6.07, 6.45) is 0.323. The van der Waals surface area contributed by atoms with Gasteiger partial charge in [0, 0.05) is 16.9 Å². The van der Waals surface area contributed by atoms with Crippen LogP contribution in [0.4, 0.5) is 5.69 Å². The summed E-state index contributed by atoms with van der Waals surface area (Å²) in [5.74, 6) is -0.0537. The maximum atomic E-state index is 11.9. The number of hydrogen-bond donors (Lipinski definition) is 2. The molecule has 0 aliphatic rings. The predicted molar refractivity (Wildman–Crippen MR) is 79.6 cm³/mol. The van der Waals surface area contributed by atoms with Crippen molar-refractivity contribution in [1.82, 2.24) is 0 Å². The third kappa shape index (κ3) is 4.42. The van der Waals surface area contributed by atoms with Gasteiger partial charge >= 0.3 is 0 Å². The Bertz CT molecular complexity index is 438. The van der Waals surface area contributed by atoms with Gasteiger partial charge in [-0.25, -0.2) is 0 Å². The summed E-state index contributed by atoms with van der Waals surface area (Å²) >= 11 is 3.44. The van der Waals surface area contributed by atoms with Crippen LogP contribution in [0, 0.1) is 12.3 Å². The lowest BCUT2D eigenvalue weighted by atomic mass is 9.85. The third-order valence-electron chi connectivity index (χ3n) is 2.92. The number of nitrogens with one attached hydrogen (secondary N) is 1. The highest BCUT2D eigenvalue weighted by atomic mass is 79.9. The molecule has 3 N–H and O–H groups in total. The van der Waals surface area contributed by atoms with E-state index in [-0.39, 0.29) is 17.4 Å². The molecule has 100 valence electrons. The zero-order valence-corrected chi connectivity index (χ0v) is 13.0. The van der Waals surface area contributed by atoms with Gasteiger partial charge in [-0.1, -0.05) is 26.8 Å². The fourth-order valence-electron chi connectivity index (χ4n) is 1.43. The van der Waals surface area contributed by atoms with Crippen molar-refractivity contribution in [1.29, 1.82) is 0 Å². The molecule has 0 bridgehead atoms. The highest BCUT2D eigenvalue weighted by Gasteiger charge is 2.23. The van der Waals surface area contributed by atoms with Gasteiger partial charge in [-0.2, -0.15) is 0 Å². The molecule has 1 aromatic carbocycles. The normalized spacial score (nSPS) is 13.2. The number of anilines is 1. The molecule has 4 heteroatoms. The molecule has 18 heavy (non-hydrogen) atoms. The SMILES string of the molecule is Cc1ccc(NC(=O)CC(N)C(C)(C)C)c(Br)c1. The molecule has 3 nitrogen and oxygen atoms in total. The summed E-state index contributed by atoms with van der Waals surface area (Å²) in [6.45, 7) is 8.11. The lowest BCUT2D eigenvalue weighted by Crippen LogP contribution is -2.38. The fourth-order valence-corrected chi connectivity index (χ4v) is 2.02. The summed E-state index contributed by atoms with van der Waals surface area (Å²) in [5.41, 5.74) is 7.86. The zero-order chi connectivity index (χ0) is 13.9. The Labute approximate surface area is 117 Å². The van der Waals surface area contributed by atoms with Crippen molar-refractivity contribution < 1.29 is 4.79 Å². The van der Waals surface area contributed by atoms with Crippen LogP contribution in [0.2, 0.25) is 0 Å². The highest BCUT2D eigenvalue weighted by molar-refractivity contribution is 9.10. The average Bonchev–Trinajstić information content (AvgIpc) is 2.20. The number of halogens is 1.